The van der Waals surface area contributed by atoms with Crippen LogP contribution in [-0.2, 0) is 0 Å². The maximum Gasteiger partial charge on any atom is 0.255 e. The van der Waals surface area contributed by atoms with Crippen LogP contribution >= 0.6 is 11.6 Å². The number of anilines is 1. The molecule has 0 unspecified atom stereocenters. The molecule has 8 heteroatoms. The van der Waals surface area contributed by atoms with Crippen molar-refractivity contribution >= 4 is 23.2 Å². The van der Waals surface area contributed by atoms with E-state index in [4.69, 9.17) is 11.6 Å². The summed E-state index contributed by atoms with van der Waals surface area (Å²) in [7, 11) is 0. The van der Waals surface area contributed by atoms with Crippen LogP contribution < -0.4 is 5.32 Å². The molecular weight excluding hydrogens is 312 g/mol. The van der Waals surface area contributed by atoms with Crippen molar-refractivity contribution in [1.29, 1.82) is 0 Å². The molecular formula is C13H7ClF4N2O. The third-order valence-electron chi connectivity index (χ3n) is 2.53. The molecule has 1 N–H and O–H groups in total. The first-order chi connectivity index (χ1) is 9.79. The molecule has 0 aliphatic carbocycles. The van der Waals surface area contributed by atoms with Gasteiger partial charge in [0.2, 0.25) is 0 Å². The largest absolute Gasteiger partial charge is 0.317 e. The first-order valence-electron chi connectivity index (χ1n) is 5.58. The van der Waals surface area contributed by atoms with E-state index >= 15 is 0 Å². The number of carbonyl (C=O) groups excluding carboxylic acids is 1. The summed E-state index contributed by atoms with van der Waals surface area (Å²) in [6.07, 6.45) is 0. The Kier molecular flexibility index (Phi) is 4.13. The Morgan fingerprint density at radius 3 is 2.19 bits per heavy atom. The zero-order valence-corrected chi connectivity index (χ0v) is 11.2. The highest BCUT2D eigenvalue weighted by Gasteiger charge is 2.21. The third-order valence-corrected chi connectivity index (χ3v) is 2.73. The molecule has 0 fully saturated rings. The van der Waals surface area contributed by atoms with Crippen LogP contribution in [0.5, 0.6) is 0 Å². The Morgan fingerprint density at radius 1 is 1.10 bits per heavy atom. The van der Waals surface area contributed by atoms with Crippen LogP contribution in [0.2, 0.25) is 5.15 Å². The number of hydrogen-bond donors (Lipinski definition) is 1. The zero-order valence-electron chi connectivity index (χ0n) is 10.5. The number of hydrogen-bond acceptors (Lipinski definition) is 2. The van der Waals surface area contributed by atoms with E-state index in [9.17, 15) is 22.4 Å². The fraction of sp³-hybridized carbons (Fsp3) is 0.0769. The molecule has 0 radical (unpaired) electrons. The van der Waals surface area contributed by atoms with Gasteiger partial charge in [-0.1, -0.05) is 11.6 Å². The normalized spacial score (nSPS) is 10.6. The van der Waals surface area contributed by atoms with Gasteiger partial charge in [0.25, 0.3) is 5.91 Å². The number of aryl methyl sites for hydroxylation is 1. The number of rotatable bonds is 2. The second kappa shape index (κ2) is 5.69. The van der Waals surface area contributed by atoms with Crippen LogP contribution in [0.4, 0.5) is 23.2 Å². The van der Waals surface area contributed by atoms with E-state index in [2.05, 4.69) is 4.98 Å². The molecule has 1 aromatic carbocycles. The van der Waals surface area contributed by atoms with Crippen LogP contribution in [0.3, 0.4) is 0 Å². The summed E-state index contributed by atoms with van der Waals surface area (Å²) in [6, 6.07) is 2.50. The van der Waals surface area contributed by atoms with Gasteiger partial charge in [0.15, 0.2) is 23.3 Å². The molecule has 0 saturated heterocycles. The summed E-state index contributed by atoms with van der Waals surface area (Å²) in [5, 5.41) is 1.77. The SMILES string of the molecule is Cc1cc(C(=O)Nc2c(F)c(F)cc(F)c2F)cc(Cl)n1. The van der Waals surface area contributed by atoms with E-state index in [0.29, 0.717) is 5.69 Å². The predicted molar refractivity (Wildman–Crippen MR) is 68.2 cm³/mol. The highest BCUT2D eigenvalue weighted by molar-refractivity contribution is 6.29. The Morgan fingerprint density at radius 2 is 1.67 bits per heavy atom. The second-order valence-corrected chi connectivity index (χ2v) is 4.50. The van der Waals surface area contributed by atoms with E-state index in [1.54, 1.807) is 12.2 Å². The summed E-state index contributed by atoms with van der Waals surface area (Å²) in [5.41, 5.74) is -0.877. The summed E-state index contributed by atoms with van der Waals surface area (Å²) in [5.74, 6) is -7.61. The Labute approximate surface area is 121 Å². The maximum atomic E-state index is 13.4. The number of halogens is 5. The van der Waals surface area contributed by atoms with Crippen molar-refractivity contribution in [3.8, 4) is 0 Å². The minimum atomic E-state index is -1.70. The molecule has 1 aromatic heterocycles. The fourth-order valence-electron chi connectivity index (χ4n) is 1.63. The monoisotopic (exact) mass is 318 g/mol. The summed E-state index contributed by atoms with van der Waals surface area (Å²) in [4.78, 5) is 15.7. The van der Waals surface area contributed by atoms with Crippen molar-refractivity contribution in [2.24, 2.45) is 0 Å². The van der Waals surface area contributed by atoms with Crippen LogP contribution in [0.15, 0.2) is 18.2 Å². The number of pyridine rings is 1. The highest BCUT2D eigenvalue weighted by atomic mass is 35.5. The first kappa shape index (κ1) is 15.2. The van der Waals surface area contributed by atoms with E-state index < -0.39 is 34.9 Å². The molecule has 2 rings (SSSR count). The number of aromatic nitrogens is 1. The van der Waals surface area contributed by atoms with Crippen LogP contribution in [-0.4, -0.2) is 10.9 Å². The van der Waals surface area contributed by atoms with Crippen LogP contribution in [0.25, 0.3) is 0 Å². The van der Waals surface area contributed by atoms with Gasteiger partial charge in [-0.3, -0.25) is 4.79 Å². The average Bonchev–Trinajstić information content (AvgIpc) is 2.40. The minimum absolute atomic E-state index is 0.00785. The molecule has 0 bridgehead atoms. The van der Waals surface area contributed by atoms with Gasteiger partial charge in [0, 0.05) is 17.3 Å². The number of amides is 1. The number of benzene rings is 1. The van der Waals surface area contributed by atoms with Gasteiger partial charge in [-0.25, -0.2) is 22.5 Å². The minimum Gasteiger partial charge on any atom is -0.317 e. The van der Waals surface area contributed by atoms with E-state index in [-0.39, 0.29) is 16.8 Å². The van der Waals surface area contributed by atoms with Crippen molar-refractivity contribution in [3.05, 3.63) is 57.9 Å². The predicted octanol–water partition coefficient (Wildman–Crippen LogP) is 3.85. The van der Waals surface area contributed by atoms with Crippen molar-refractivity contribution in [1.82, 2.24) is 4.98 Å². The van der Waals surface area contributed by atoms with Gasteiger partial charge in [-0.05, 0) is 19.1 Å². The molecule has 1 heterocycles. The molecule has 2 aromatic rings. The lowest BCUT2D eigenvalue weighted by Crippen LogP contribution is -2.16. The third kappa shape index (κ3) is 3.13. The number of carbonyl (C=O) groups is 1. The molecule has 1 amide bonds. The molecule has 0 aliphatic rings. The summed E-state index contributed by atoms with van der Waals surface area (Å²) < 4.78 is 53.0. The van der Waals surface area contributed by atoms with Crippen LogP contribution in [0, 0.1) is 30.2 Å². The summed E-state index contributed by atoms with van der Waals surface area (Å²) in [6.45, 7) is 1.55. The first-order valence-corrected chi connectivity index (χ1v) is 5.96. The Hall–Kier alpha value is -2.15. The van der Waals surface area contributed by atoms with Crippen molar-refractivity contribution in [2.45, 2.75) is 6.92 Å². The molecule has 0 atom stereocenters. The standard InChI is InChI=1S/C13H7ClF4N2O/c1-5-2-6(3-9(14)19-5)13(21)20-12-10(17)7(15)4-8(16)11(12)18/h2-4H,1H3,(H,20,21). The quantitative estimate of drug-likeness (QED) is 0.519. The van der Waals surface area contributed by atoms with Gasteiger partial charge >= 0.3 is 0 Å². The van der Waals surface area contributed by atoms with Gasteiger partial charge in [-0.2, -0.15) is 0 Å². The summed E-state index contributed by atoms with van der Waals surface area (Å²) >= 11 is 5.65. The van der Waals surface area contributed by atoms with E-state index in [1.165, 1.54) is 6.07 Å². The molecule has 0 spiro atoms. The fourth-order valence-corrected chi connectivity index (χ4v) is 1.88. The molecule has 21 heavy (non-hydrogen) atoms. The second-order valence-electron chi connectivity index (χ2n) is 4.12. The zero-order chi connectivity index (χ0) is 15.7. The van der Waals surface area contributed by atoms with Gasteiger partial charge in [-0.15, -0.1) is 0 Å². The van der Waals surface area contributed by atoms with Gasteiger partial charge < -0.3 is 5.32 Å². The van der Waals surface area contributed by atoms with Gasteiger partial charge in [0.05, 0.1) is 0 Å². The van der Waals surface area contributed by atoms with Gasteiger partial charge in [0.1, 0.15) is 10.8 Å². The topological polar surface area (TPSA) is 42.0 Å². The smallest absolute Gasteiger partial charge is 0.255 e. The number of nitrogens with zero attached hydrogens (tertiary/aromatic N) is 1. The average molecular weight is 319 g/mol. The van der Waals surface area contributed by atoms with Crippen LogP contribution in [0.1, 0.15) is 16.1 Å². The lowest BCUT2D eigenvalue weighted by molar-refractivity contribution is 0.102. The lowest BCUT2D eigenvalue weighted by atomic mass is 10.2. The molecule has 110 valence electrons. The molecule has 3 nitrogen and oxygen atoms in total. The highest BCUT2D eigenvalue weighted by Crippen LogP contribution is 2.25. The molecule has 0 saturated carbocycles. The van der Waals surface area contributed by atoms with E-state index in [1.807, 2.05) is 0 Å². The molecule has 0 aliphatic heterocycles. The Balaban J connectivity index is 2.40. The maximum absolute atomic E-state index is 13.4. The Bertz CT molecular complexity index is 690. The van der Waals surface area contributed by atoms with E-state index in [0.717, 1.165) is 6.07 Å². The van der Waals surface area contributed by atoms with Crippen molar-refractivity contribution in [3.63, 3.8) is 0 Å². The van der Waals surface area contributed by atoms with Crippen molar-refractivity contribution < 1.29 is 22.4 Å². The lowest BCUT2D eigenvalue weighted by Gasteiger charge is -2.09. The van der Waals surface area contributed by atoms with Crippen molar-refractivity contribution in [2.75, 3.05) is 5.32 Å². The number of nitrogens with one attached hydrogen (secondary N) is 1.